The number of ether oxygens (including phenoxy) is 2. The van der Waals surface area contributed by atoms with Crippen molar-refractivity contribution in [3.05, 3.63) is 123 Å². The Morgan fingerprint density at radius 2 is 1.56 bits per heavy atom. The van der Waals surface area contributed by atoms with E-state index in [-0.39, 0.29) is 25.5 Å². The number of aromatic amines is 1. The normalized spacial score (nSPS) is 20.0. The summed E-state index contributed by atoms with van der Waals surface area (Å²) in [6.07, 6.45) is -11.8. The zero-order valence-corrected chi connectivity index (χ0v) is 27.9. The van der Waals surface area contributed by atoms with Crippen molar-refractivity contribution >= 4 is 12.0 Å². The minimum absolute atomic E-state index is 0.0110. The molecule has 11 nitrogen and oxygen atoms in total. The first-order chi connectivity index (χ1) is 24.4. The SMILES string of the molecule is C[C@@H](OC[C@@]1(c2ccccc2)CC[C@](CC(=O)N(C)O)(n2cn[nH]c2=O)CN1C(=O)OCc1ccccc1)c1cc(C(F)(F)F)cc(C(F)(F)F)c1. The molecule has 278 valence electrons. The molecule has 0 unspecified atom stereocenters. The molecule has 0 spiro atoms. The summed E-state index contributed by atoms with van der Waals surface area (Å²) >= 11 is 0. The van der Waals surface area contributed by atoms with Crippen LogP contribution in [0.25, 0.3) is 0 Å². The molecule has 1 fully saturated rings. The summed E-state index contributed by atoms with van der Waals surface area (Å²) < 4.78 is 95.3. The van der Waals surface area contributed by atoms with E-state index in [1.807, 2.05) is 0 Å². The molecule has 2 amide bonds. The Hall–Kier alpha value is -5.16. The fraction of sp³-hybridized carbons (Fsp3) is 0.371. The molecule has 3 atom stereocenters. The largest absolute Gasteiger partial charge is 0.445 e. The van der Waals surface area contributed by atoms with Crippen LogP contribution in [-0.4, -0.2) is 62.1 Å². The third kappa shape index (κ3) is 8.15. The molecule has 17 heteroatoms. The smallest absolute Gasteiger partial charge is 0.416 e. The van der Waals surface area contributed by atoms with Gasteiger partial charge in [-0.2, -0.15) is 31.4 Å². The fourth-order valence-corrected chi connectivity index (χ4v) is 6.40. The summed E-state index contributed by atoms with van der Waals surface area (Å²) in [4.78, 5) is 41.6. The molecule has 3 aromatic carbocycles. The minimum Gasteiger partial charge on any atom is -0.445 e. The van der Waals surface area contributed by atoms with Gasteiger partial charge in [-0.3, -0.25) is 19.5 Å². The van der Waals surface area contributed by atoms with Gasteiger partial charge in [-0.05, 0) is 54.7 Å². The van der Waals surface area contributed by atoms with Crippen molar-refractivity contribution in [3.63, 3.8) is 0 Å². The summed E-state index contributed by atoms with van der Waals surface area (Å²) in [5.41, 5.74) is -6.05. The van der Waals surface area contributed by atoms with E-state index >= 15 is 0 Å². The van der Waals surface area contributed by atoms with Crippen LogP contribution in [0.5, 0.6) is 0 Å². The van der Waals surface area contributed by atoms with E-state index in [1.165, 1.54) is 11.8 Å². The lowest BCUT2D eigenvalue weighted by Crippen LogP contribution is -2.64. The van der Waals surface area contributed by atoms with E-state index in [2.05, 4.69) is 10.2 Å². The summed E-state index contributed by atoms with van der Waals surface area (Å²) in [6, 6.07) is 18.2. The highest BCUT2D eigenvalue weighted by atomic mass is 19.4. The van der Waals surface area contributed by atoms with E-state index in [9.17, 15) is 45.9 Å². The zero-order valence-electron chi connectivity index (χ0n) is 27.9. The molecular weight excluding hydrogens is 700 g/mol. The van der Waals surface area contributed by atoms with Crippen LogP contribution in [-0.2, 0) is 44.3 Å². The van der Waals surface area contributed by atoms with Gasteiger partial charge in [0, 0.05) is 13.6 Å². The summed E-state index contributed by atoms with van der Waals surface area (Å²) in [7, 11) is 1.10. The Morgan fingerprint density at radius 1 is 0.962 bits per heavy atom. The van der Waals surface area contributed by atoms with Gasteiger partial charge in [-0.1, -0.05) is 60.7 Å². The van der Waals surface area contributed by atoms with Crippen LogP contribution in [0.2, 0.25) is 0 Å². The molecule has 0 aliphatic carbocycles. The van der Waals surface area contributed by atoms with Gasteiger partial charge in [0.1, 0.15) is 12.9 Å². The topological polar surface area (TPSA) is 130 Å². The van der Waals surface area contributed by atoms with Crippen molar-refractivity contribution in [2.75, 3.05) is 20.2 Å². The molecule has 0 bridgehead atoms. The lowest BCUT2D eigenvalue weighted by atomic mass is 9.73. The van der Waals surface area contributed by atoms with Crippen LogP contribution in [0, 0.1) is 0 Å². The fourth-order valence-electron chi connectivity index (χ4n) is 6.40. The highest BCUT2D eigenvalue weighted by molar-refractivity contribution is 5.76. The predicted octanol–water partition coefficient (Wildman–Crippen LogP) is 6.65. The first kappa shape index (κ1) is 38.1. The second-order valence-corrected chi connectivity index (χ2v) is 12.7. The average molecular weight is 736 g/mol. The molecule has 52 heavy (non-hydrogen) atoms. The zero-order chi connectivity index (χ0) is 37.9. The van der Waals surface area contributed by atoms with Gasteiger partial charge in [0.25, 0.3) is 0 Å². The number of nitrogens with zero attached hydrogens (tertiary/aromatic N) is 4. The molecule has 1 aliphatic heterocycles. The number of H-pyrrole nitrogens is 1. The number of rotatable bonds is 10. The third-order valence-corrected chi connectivity index (χ3v) is 9.27. The van der Waals surface area contributed by atoms with Crippen LogP contribution in [0.4, 0.5) is 31.1 Å². The second-order valence-electron chi connectivity index (χ2n) is 12.7. The van der Waals surface area contributed by atoms with Crippen molar-refractivity contribution in [1.82, 2.24) is 24.7 Å². The van der Waals surface area contributed by atoms with Crippen LogP contribution in [0.3, 0.4) is 0 Å². The molecule has 0 radical (unpaired) electrons. The maximum Gasteiger partial charge on any atom is 0.416 e. The van der Waals surface area contributed by atoms with E-state index in [4.69, 9.17) is 9.47 Å². The first-order valence-corrected chi connectivity index (χ1v) is 16.0. The third-order valence-electron chi connectivity index (χ3n) is 9.27. The Kier molecular flexibility index (Phi) is 10.9. The molecule has 4 aromatic rings. The van der Waals surface area contributed by atoms with Crippen LogP contribution >= 0.6 is 0 Å². The molecular formula is C35H35F6N5O6. The number of likely N-dealkylation sites (tertiary alicyclic amines) is 1. The Labute approximate surface area is 293 Å². The summed E-state index contributed by atoms with van der Waals surface area (Å²) in [6.45, 7) is 0.245. The van der Waals surface area contributed by atoms with Crippen molar-refractivity contribution in [3.8, 4) is 0 Å². The van der Waals surface area contributed by atoms with Gasteiger partial charge in [-0.15, -0.1) is 0 Å². The van der Waals surface area contributed by atoms with E-state index < -0.39 is 83.5 Å². The second kappa shape index (κ2) is 14.8. The molecule has 0 saturated carbocycles. The number of carbonyl (C=O) groups is 2. The highest BCUT2D eigenvalue weighted by Crippen LogP contribution is 2.46. The Morgan fingerprint density at radius 3 is 2.10 bits per heavy atom. The number of halogens is 6. The summed E-state index contributed by atoms with van der Waals surface area (Å²) in [5, 5.41) is 16.4. The molecule has 1 aromatic heterocycles. The molecule has 1 saturated heterocycles. The van der Waals surface area contributed by atoms with E-state index in [0.29, 0.717) is 28.3 Å². The average Bonchev–Trinajstić information content (AvgIpc) is 3.56. The van der Waals surface area contributed by atoms with Crippen molar-refractivity contribution in [2.24, 2.45) is 0 Å². The highest BCUT2D eigenvalue weighted by Gasteiger charge is 2.54. The molecule has 1 aliphatic rings. The van der Waals surface area contributed by atoms with Crippen LogP contribution in [0.1, 0.15) is 60.1 Å². The lowest BCUT2D eigenvalue weighted by molar-refractivity contribution is -0.164. The van der Waals surface area contributed by atoms with Gasteiger partial charge < -0.3 is 9.47 Å². The number of nitrogens with one attached hydrogen (secondary N) is 1. The number of piperidine rings is 1. The Balaban J connectivity index is 1.60. The van der Waals surface area contributed by atoms with Gasteiger partial charge in [0.2, 0.25) is 5.91 Å². The number of benzene rings is 3. The van der Waals surface area contributed by atoms with Crippen molar-refractivity contribution in [1.29, 1.82) is 0 Å². The first-order valence-electron chi connectivity index (χ1n) is 16.0. The molecule has 2 heterocycles. The number of hydrogen-bond donors (Lipinski definition) is 2. The Bertz CT molecular complexity index is 1880. The number of hydrogen-bond acceptors (Lipinski definition) is 7. The van der Waals surface area contributed by atoms with Gasteiger partial charge in [0.15, 0.2) is 0 Å². The van der Waals surface area contributed by atoms with Crippen molar-refractivity contribution in [2.45, 2.75) is 62.3 Å². The quantitative estimate of drug-likeness (QED) is 0.106. The number of amides is 2. The maximum absolute atomic E-state index is 14.3. The van der Waals surface area contributed by atoms with Crippen LogP contribution < -0.4 is 5.69 Å². The monoisotopic (exact) mass is 735 g/mol. The molecule has 2 N–H and O–H groups in total. The van der Waals surface area contributed by atoms with Crippen molar-refractivity contribution < 1.29 is 50.6 Å². The number of alkyl halides is 6. The van der Waals surface area contributed by atoms with Gasteiger partial charge >= 0.3 is 24.1 Å². The van der Waals surface area contributed by atoms with E-state index in [1.54, 1.807) is 60.7 Å². The van der Waals surface area contributed by atoms with E-state index in [0.717, 1.165) is 17.9 Å². The minimum atomic E-state index is -5.09. The standard InChI is InChI=1S/C35H35F6N5O6/c1-23(25-15-27(34(36,37)38)17-28(16-25)35(39,40)41)52-21-33(26-11-7-4-8-12-26)14-13-32(18-29(47)44(2)50,46-22-42-43-30(46)48)20-45(33)31(49)51-19-24-9-5-3-6-10-24/h3-12,15-17,22-23,50H,13-14,18-21H2,1-2H3,(H,43,48)/t23-,32-,33-/m1/s1. The number of carbonyl (C=O) groups excluding carboxylic acids is 2. The van der Waals surface area contributed by atoms with Gasteiger partial charge in [0.05, 0.1) is 41.3 Å². The predicted molar refractivity (Wildman–Crippen MR) is 171 cm³/mol. The van der Waals surface area contributed by atoms with Gasteiger partial charge in [-0.25, -0.2) is 19.8 Å². The summed E-state index contributed by atoms with van der Waals surface area (Å²) in [5.74, 6) is -0.798. The number of hydroxylamine groups is 2. The maximum atomic E-state index is 14.3. The number of aromatic nitrogens is 3. The lowest BCUT2D eigenvalue weighted by Gasteiger charge is -2.53. The molecule has 5 rings (SSSR count). The van der Waals surface area contributed by atoms with Crippen LogP contribution in [0.15, 0.2) is 90.0 Å².